The summed E-state index contributed by atoms with van der Waals surface area (Å²) in [5.41, 5.74) is 1.31. The molecule has 2 aliphatic rings. The van der Waals surface area contributed by atoms with E-state index in [2.05, 4.69) is 9.88 Å². The number of carbonyl (C=O) groups excluding carboxylic acids is 2. The van der Waals surface area contributed by atoms with Crippen molar-refractivity contribution in [1.29, 1.82) is 0 Å². The minimum absolute atomic E-state index is 0.0293. The van der Waals surface area contributed by atoms with E-state index in [0.29, 0.717) is 53.2 Å². The molecular weight excluding hydrogens is 453 g/mol. The van der Waals surface area contributed by atoms with E-state index in [1.807, 2.05) is 32.9 Å². The zero-order chi connectivity index (χ0) is 23.0. The van der Waals surface area contributed by atoms with Crippen LogP contribution in [0.5, 0.6) is 5.75 Å². The Hall–Kier alpha value is -2.51. The maximum absolute atomic E-state index is 12.9. The van der Waals surface area contributed by atoms with Crippen molar-refractivity contribution < 1.29 is 19.1 Å². The van der Waals surface area contributed by atoms with Crippen LogP contribution in [0.15, 0.2) is 30.5 Å². The fourth-order valence-corrected chi connectivity index (χ4v) is 4.35. The summed E-state index contributed by atoms with van der Waals surface area (Å²) in [7, 11) is 0. The van der Waals surface area contributed by atoms with Crippen LogP contribution in [0.2, 0.25) is 10.0 Å². The summed E-state index contributed by atoms with van der Waals surface area (Å²) in [5.74, 6) is 0.491. The van der Waals surface area contributed by atoms with Gasteiger partial charge in [-0.05, 0) is 39.0 Å². The van der Waals surface area contributed by atoms with Crippen LogP contribution in [0.25, 0.3) is 0 Å². The van der Waals surface area contributed by atoms with Crippen LogP contribution in [-0.2, 0) is 4.74 Å². The maximum atomic E-state index is 12.9. The van der Waals surface area contributed by atoms with Gasteiger partial charge in [-0.2, -0.15) is 0 Å². The Balaban J connectivity index is 1.54. The maximum Gasteiger partial charge on any atom is 0.410 e. The normalized spacial score (nSPS) is 18.8. The predicted molar refractivity (Wildman–Crippen MR) is 123 cm³/mol. The molecule has 2 aliphatic heterocycles. The first kappa shape index (κ1) is 22.7. The van der Waals surface area contributed by atoms with Gasteiger partial charge in [0.15, 0.2) is 11.5 Å². The van der Waals surface area contributed by atoms with Gasteiger partial charge in [0, 0.05) is 32.4 Å². The number of ether oxygens (including phenoxy) is 2. The Morgan fingerprint density at radius 2 is 1.91 bits per heavy atom. The molecular formula is C23H25Cl2N3O4. The number of aromatic nitrogens is 1. The van der Waals surface area contributed by atoms with Crippen molar-refractivity contribution in [3.63, 3.8) is 0 Å². The number of benzene rings is 1. The molecule has 1 aromatic carbocycles. The summed E-state index contributed by atoms with van der Waals surface area (Å²) < 4.78 is 11.8. The molecule has 1 saturated heterocycles. The van der Waals surface area contributed by atoms with E-state index in [4.69, 9.17) is 32.7 Å². The highest BCUT2D eigenvalue weighted by Crippen LogP contribution is 2.42. The number of hydrogen-bond acceptors (Lipinski definition) is 6. The summed E-state index contributed by atoms with van der Waals surface area (Å²) in [5, 5.41) is 0.784. The van der Waals surface area contributed by atoms with Crippen LogP contribution >= 0.6 is 23.2 Å². The van der Waals surface area contributed by atoms with Crippen molar-refractivity contribution in [2.45, 2.75) is 38.9 Å². The zero-order valence-electron chi connectivity index (χ0n) is 18.2. The third-order valence-corrected chi connectivity index (χ3v) is 5.85. The Morgan fingerprint density at radius 1 is 1.19 bits per heavy atom. The minimum atomic E-state index is -0.594. The lowest BCUT2D eigenvalue weighted by atomic mass is 9.97. The molecule has 0 aliphatic carbocycles. The van der Waals surface area contributed by atoms with Crippen molar-refractivity contribution in [2.24, 2.45) is 0 Å². The standard InChI is InChI=1S/C23H25Cl2N3O4/c1-23(2,3)32-22(30)28-9-7-27(8-10-28)17-6-4-5-15-18(29)12-19(31-21(15)17)20-16(25)11-14(24)13-26-20/h4-6,11,13,19H,7-10,12H2,1-3H3. The van der Waals surface area contributed by atoms with Crippen molar-refractivity contribution in [1.82, 2.24) is 9.88 Å². The molecule has 0 radical (unpaired) electrons. The van der Waals surface area contributed by atoms with Crippen LogP contribution in [0, 0.1) is 0 Å². The second kappa shape index (κ2) is 8.79. The molecule has 0 spiro atoms. The van der Waals surface area contributed by atoms with Crippen molar-refractivity contribution in [3.8, 4) is 5.75 Å². The number of hydrogen-bond donors (Lipinski definition) is 0. The average molecular weight is 478 g/mol. The van der Waals surface area contributed by atoms with Crippen LogP contribution in [0.4, 0.5) is 10.5 Å². The first-order valence-electron chi connectivity index (χ1n) is 10.5. The number of carbonyl (C=O) groups is 2. The molecule has 0 saturated carbocycles. The lowest BCUT2D eigenvalue weighted by molar-refractivity contribution is 0.0240. The van der Waals surface area contributed by atoms with Crippen molar-refractivity contribution >= 4 is 40.8 Å². The third kappa shape index (κ3) is 4.79. The number of Topliss-reactive ketones (excluding diaryl/α,β-unsaturated/α-hetero) is 1. The first-order valence-corrected chi connectivity index (χ1v) is 11.2. The van der Waals surface area contributed by atoms with Crippen molar-refractivity contribution in [2.75, 3.05) is 31.1 Å². The Morgan fingerprint density at radius 3 is 2.56 bits per heavy atom. The van der Waals surface area contributed by atoms with Gasteiger partial charge in [0.05, 0.1) is 33.4 Å². The van der Waals surface area contributed by atoms with Crippen LogP contribution < -0.4 is 9.64 Å². The summed E-state index contributed by atoms with van der Waals surface area (Å²) in [6, 6.07) is 7.14. The highest BCUT2D eigenvalue weighted by molar-refractivity contribution is 6.34. The molecule has 1 aromatic heterocycles. The lowest BCUT2D eigenvalue weighted by Gasteiger charge is -2.38. The number of pyridine rings is 1. The Bertz CT molecular complexity index is 1050. The molecule has 0 N–H and O–H groups in total. The van der Waals surface area contributed by atoms with Crippen LogP contribution in [-0.4, -0.2) is 53.5 Å². The SMILES string of the molecule is CC(C)(C)OC(=O)N1CCN(c2cccc3c2OC(c2ncc(Cl)cc2Cl)CC3=O)CC1. The molecule has 4 rings (SSSR count). The number of ketones is 1. The van der Waals surface area contributed by atoms with Gasteiger partial charge in [-0.3, -0.25) is 9.78 Å². The van der Waals surface area contributed by atoms with E-state index in [-0.39, 0.29) is 18.3 Å². The molecule has 3 heterocycles. The number of piperazine rings is 1. The van der Waals surface area contributed by atoms with E-state index in [0.717, 1.165) is 5.69 Å². The molecule has 7 nitrogen and oxygen atoms in total. The van der Waals surface area contributed by atoms with E-state index in [1.165, 1.54) is 6.20 Å². The van der Waals surface area contributed by atoms with E-state index in [9.17, 15) is 9.59 Å². The molecule has 1 atom stereocenters. The van der Waals surface area contributed by atoms with Gasteiger partial charge >= 0.3 is 6.09 Å². The molecule has 2 aromatic rings. The first-order chi connectivity index (χ1) is 15.1. The molecule has 32 heavy (non-hydrogen) atoms. The fourth-order valence-electron chi connectivity index (χ4n) is 3.85. The van der Waals surface area contributed by atoms with Crippen LogP contribution in [0.1, 0.15) is 49.3 Å². The monoisotopic (exact) mass is 477 g/mol. The van der Waals surface area contributed by atoms with Gasteiger partial charge in [-0.1, -0.05) is 29.3 Å². The fraction of sp³-hybridized carbons (Fsp3) is 0.435. The molecule has 0 bridgehead atoms. The van der Waals surface area contributed by atoms with Gasteiger partial charge in [-0.25, -0.2) is 4.79 Å². The average Bonchev–Trinajstić information content (AvgIpc) is 2.72. The van der Waals surface area contributed by atoms with Gasteiger partial charge in [0.25, 0.3) is 0 Å². The number of rotatable bonds is 2. The zero-order valence-corrected chi connectivity index (χ0v) is 19.7. The number of nitrogens with zero attached hydrogens (tertiary/aromatic N) is 3. The summed E-state index contributed by atoms with van der Waals surface area (Å²) >= 11 is 12.3. The van der Waals surface area contributed by atoms with Gasteiger partial charge in [0.1, 0.15) is 11.7 Å². The van der Waals surface area contributed by atoms with Gasteiger partial charge < -0.3 is 19.3 Å². The third-order valence-electron chi connectivity index (χ3n) is 5.34. The second-order valence-electron chi connectivity index (χ2n) is 8.86. The van der Waals surface area contributed by atoms with E-state index < -0.39 is 11.7 Å². The number of anilines is 1. The molecule has 1 amide bonds. The molecule has 9 heteroatoms. The predicted octanol–water partition coefficient (Wildman–Crippen LogP) is 5.15. The van der Waals surface area contributed by atoms with Crippen molar-refractivity contribution in [3.05, 3.63) is 51.8 Å². The smallest absolute Gasteiger partial charge is 0.410 e. The number of fused-ring (bicyclic) bond motifs is 1. The van der Waals surface area contributed by atoms with Gasteiger partial charge in [-0.15, -0.1) is 0 Å². The summed E-state index contributed by atoms with van der Waals surface area (Å²) in [6.45, 7) is 7.77. The number of halogens is 2. The second-order valence-corrected chi connectivity index (χ2v) is 9.71. The molecule has 170 valence electrons. The lowest BCUT2D eigenvalue weighted by Crippen LogP contribution is -2.50. The molecule has 1 unspecified atom stereocenters. The quantitative estimate of drug-likeness (QED) is 0.595. The van der Waals surface area contributed by atoms with Gasteiger partial charge in [0.2, 0.25) is 0 Å². The Labute approximate surface area is 197 Å². The Kier molecular flexibility index (Phi) is 6.23. The van der Waals surface area contributed by atoms with Crippen LogP contribution in [0.3, 0.4) is 0 Å². The number of amides is 1. The molecule has 1 fully saturated rings. The van der Waals surface area contributed by atoms with E-state index >= 15 is 0 Å². The number of para-hydroxylation sites is 1. The highest BCUT2D eigenvalue weighted by atomic mass is 35.5. The summed E-state index contributed by atoms with van der Waals surface area (Å²) in [6.07, 6.45) is 0.733. The minimum Gasteiger partial charge on any atom is -0.481 e. The van der Waals surface area contributed by atoms with E-state index in [1.54, 1.807) is 17.0 Å². The topological polar surface area (TPSA) is 72.0 Å². The largest absolute Gasteiger partial charge is 0.481 e. The summed E-state index contributed by atoms with van der Waals surface area (Å²) in [4.78, 5) is 33.4. The highest BCUT2D eigenvalue weighted by Gasteiger charge is 2.34.